The summed E-state index contributed by atoms with van der Waals surface area (Å²) in [6.07, 6.45) is 2.09. The van der Waals surface area contributed by atoms with Crippen molar-refractivity contribution in [2.45, 2.75) is 25.8 Å². The molecule has 0 aliphatic rings. The lowest BCUT2D eigenvalue weighted by atomic mass is 10.0. The third-order valence-electron chi connectivity index (χ3n) is 4.12. The van der Waals surface area contributed by atoms with E-state index in [1.165, 1.54) is 5.56 Å². The average molecular weight is 313 g/mol. The molecule has 1 amide bonds. The molecule has 2 aromatic rings. The Morgan fingerprint density at radius 3 is 2.48 bits per heavy atom. The van der Waals surface area contributed by atoms with Crippen molar-refractivity contribution >= 4 is 5.91 Å². The summed E-state index contributed by atoms with van der Waals surface area (Å²) >= 11 is 0. The molecule has 0 spiro atoms. The van der Waals surface area contributed by atoms with Crippen LogP contribution in [0.15, 0.2) is 42.5 Å². The highest BCUT2D eigenvalue weighted by Crippen LogP contribution is 2.27. The first-order valence-corrected chi connectivity index (χ1v) is 8.21. The summed E-state index contributed by atoms with van der Waals surface area (Å²) in [7, 11) is 6.08. The summed E-state index contributed by atoms with van der Waals surface area (Å²) in [5.74, 6) is -0.00207. The van der Waals surface area contributed by atoms with Crippen LogP contribution in [0.1, 0.15) is 47.6 Å². The molecule has 0 fully saturated rings. The minimum Gasteiger partial charge on any atom is -0.351 e. The summed E-state index contributed by atoms with van der Waals surface area (Å²) in [4.78, 5) is 14.5. The van der Waals surface area contributed by atoms with Crippen LogP contribution >= 0.6 is 0 Å². The van der Waals surface area contributed by atoms with Crippen LogP contribution in [-0.4, -0.2) is 36.0 Å². The van der Waals surface area contributed by atoms with Gasteiger partial charge in [0.2, 0.25) is 0 Å². The number of benzene rings is 1. The molecule has 0 aliphatic carbocycles. The third-order valence-corrected chi connectivity index (χ3v) is 4.12. The number of rotatable bonds is 7. The van der Waals surface area contributed by atoms with E-state index in [1.807, 2.05) is 41.9 Å². The van der Waals surface area contributed by atoms with Gasteiger partial charge in [-0.25, -0.2) is 0 Å². The minimum atomic E-state index is -0.00207. The second-order valence-electron chi connectivity index (χ2n) is 6.09. The van der Waals surface area contributed by atoms with Gasteiger partial charge in [-0.3, -0.25) is 9.69 Å². The number of carbonyl (C=O) groups is 1. The van der Waals surface area contributed by atoms with Gasteiger partial charge in [-0.1, -0.05) is 43.7 Å². The molecule has 2 rings (SSSR count). The Hall–Kier alpha value is -2.07. The van der Waals surface area contributed by atoms with E-state index >= 15 is 0 Å². The van der Waals surface area contributed by atoms with Crippen molar-refractivity contribution < 1.29 is 4.79 Å². The molecule has 0 radical (unpaired) electrons. The Kier molecular flexibility index (Phi) is 5.99. The van der Waals surface area contributed by atoms with Gasteiger partial charge in [-0.05, 0) is 38.2 Å². The van der Waals surface area contributed by atoms with Crippen molar-refractivity contribution in [1.82, 2.24) is 14.8 Å². The monoisotopic (exact) mass is 313 g/mol. The van der Waals surface area contributed by atoms with Gasteiger partial charge in [-0.2, -0.15) is 0 Å². The molecule has 0 bridgehead atoms. The van der Waals surface area contributed by atoms with Gasteiger partial charge < -0.3 is 9.88 Å². The topological polar surface area (TPSA) is 37.3 Å². The zero-order chi connectivity index (χ0) is 16.8. The Morgan fingerprint density at radius 2 is 1.87 bits per heavy atom. The molecule has 1 aromatic carbocycles. The molecule has 4 nitrogen and oxygen atoms in total. The number of hydrogen-bond donors (Lipinski definition) is 1. The fraction of sp³-hybridized carbons (Fsp3) is 0.421. The molecule has 1 aromatic heterocycles. The predicted molar refractivity (Wildman–Crippen MR) is 94.6 cm³/mol. The average Bonchev–Trinajstić information content (AvgIpc) is 2.90. The normalized spacial score (nSPS) is 12.4. The zero-order valence-electron chi connectivity index (χ0n) is 14.5. The summed E-state index contributed by atoms with van der Waals surface area (Å²) in [6, 6.07) is 14.5. The van der Waals surface area contributed by atoms with Crippen molar-refractivity contribution in [3.63, 3.8) is 0 Å². The molecule has 23 heavy (non-hydrogen) atoms. The number of amides is 1. The van der Waals surface area contributed by atoms with Gasteiger partial charge in [0.05, 0.1) is 6.04 Å². The van der Waals surface area contributed by atoms with Gasteiger partial charge in [0, 0.05) is 19.3 Å². The number of carbonyl (C=O) groups excluding carboxylic acids is 1. The van der Waals surface area contributed by atoms with Crippen LogP contribution in [0.3, 0.4) is 0 Å². The number of nitrogens with one attached hydrogen (secondary N) is 1. The van der Waals surface area contributed by atoms with E-state index in [4.69, 9.17) is 0 Å². The van der Waals surface area contributed by atoms with Crippen LogP contribution in [0.2, 0.25) is 0 Å². The molecule has 0 aliphatic heterocycles. The lowest BCUT2D eigenvalue weighted by Crippen LogP contribution is -2.28. The Morgan fingerprint density at radius 1 is 1.17 bits per heavy atom. The highest BCUT2D eigenvalue weighted by molar-refractivity contribution is 5.92. The molecule has 0 saturated heterocycles. The van der Waals surface area contributed by atoms with E-state index in [0.29, 0.717) is 5.69 Å². The Bertz CT molecular complexity index is 631. The van der Waals surface area contributed by atoms with Crippen LogP contribution in [0.4, 0.5) is 0 Å². The molecular weight excluding hydrogens is 286 g/mol. The number of unbranched alkanes of at least 4 members (excludes halogenated alkanes) is 1. The fourth-order valence-corrected chi connectivity index (χ4v) is 2.87. The molecule has 1 N–H and O–H groups in total. The van der Waals surface area contributed by atoms with Crippen molar-refractivity contribution in [2.75, 3.05) is 20.6 Å². The van der Waals surface area contributed by atoms with E-state index in [9.17, 15) is 4.79 Å². The quantitative estimate of drug-likeness (QED) is 0.797. The first-order chi connectivity index (χ1) is 11.1. The number of aromatic nitrogens is 1. The van der Waals surface area contributed by atoms with E-state index in [0.717, 1.165) is 25.1 Å². The van der Waals surface area contributed by atoms with E-state index in [2.05, 4.69) is 43.4 Å². The third kappa shape index (κ3) is 4.02. The smallest absolute Gasteiger partial charge is 0.267 e. The van der Waals surface area contributed by atoms with Gasteiger partial charge in [0.1, 0.15) is 5.69 Å². The largest absolute Gasteiger partial charge is 0.351 e. The van der Waals surface area contributed by atoms with Crippen LogP contribution in [0, 0.1) is 0 Å². The summed E-state index contributed by atoms with van der Waals surface area (Å²) in [6.45, 7) is 2.85. The Labute approximate surface area is 139 Å². The predicted octanol–water partition coefficient (Wildman–Crippen LogP) is 3.21. The van der Waals surface area contributed by atoms with Gasteiger partial charge >= 0.3 is 0 Å². The first-order valence-electron chi connectivity index (χ1n) is 8.21. The van der Waals surface area contributed by atoms with Gasteiger partial charge in [0.15, 0.2) is 0 Å². The van der Waals surface area contributed by atoms with Crippen LogP contribution < -0.4 is 5.32 Å². The van der Waals surface area contributed by atoms with E-state index in [1.54, 1.807) is 0 Å². The Balaban J connectivity index is 2.27. The van der Waals surface area contributed by atoms with E-state index < -0.39 is 0 Å². The SMILES string of the molecule is CCCCNC(=O)c1ccc(C(c2ccccc2)N(C)C)n1C. The minimum absolute atomic E-state index is 0.00207. The van der Waals surface area contributed by atoms with Crippen LogP contribution in [0.5, 0.6) is 0 Å². The lowest BCUT2D eigenvalue weighted by molar-refractivity contribution is 0.0944. The highest BCUT2D eigenvalue weighted by Gasteiger charge is 2.22. The second kappa shape index (κ2) is 7.97. The van der Waals surface area contributed by atoms with Crippen molar-refractivity contribution in [2.24, 2.45) is 7.05 Å². The second-order valence-corrected chi connectivity index (χ2v) is 6.09. The maximum Gasteiger partial charge on any atom is 0.267 e. The summed E-state index contributed by atoms with van der Waals surface area (Å²) in [5, 5.41) is 2.99. The lowest BCUT2D eigenvalue weighted by Gasteiger charge is -2.26. The summed E-state index contributed by atoms with van der Waals surface area (Å²) in [5.41, 5.74) is 3.04. The molecule has 1 atom stereocenters. The standard InChI is InChI=1S/C19H27N3O/c1-5-6-14-20-19(23)17-13-12-16(22(17)4)18(21(2)3)15-10-8-7-9-11-15/h7-13,18H,5-6,14H2,1-4H3,(H,20,23). The maximum atomic E-state index is 12.3. The molecule has 124 valence electrons. The van der Waals surface area contributed by atoms with Crippen molar-refractivity contribution in [3.8, 4) is 0 Å². The maximum absolute atomic E-state index is 12.3. The molecule has 4 heteroatoms. The molecule has 1 unspecified atom stereocenters. The first kappa shape index (κ1) is 17.3. The number of hydrogen-bond acceptors (Lipinski definition) is 2. The fourth-order valence-electron chi connectivity index (χ4n) is 2.87. The zero-order valence-corrected chi connectivity index (χ0v) is 14.5. The van der Waals surface area contributed by atoms with E-state index in [-0.39, 0.29) is 11.9 Å². The molecular formula is C19H27N3O. The van der Waals surface area contributed by atoms with Crippen molar-refractivity contribution in [3.05, 3.63) is 59.4 Å². The summed E-state index contributed by atoms with van der Waals surface area (Å²) < 4.78 is 2.00. The highest BCUT2D eigenvalue weighted by atomic mass is 16.1. The van der Waals surface area contributed by atoms with Crippen molar-refractivity contribution in [1.29, 1.82) is 0 Å². The molecule has 1 heterocycles. The molecule has 0 saturated carbocycles. The van der Waals surface area contributed by atoms with Crippen LogP contribution in [0.25, 0.3) is 0 Å². The van der Waals surface area contributed by atoms with Gasteiger partial charge in [-0.15, -0.1) is 0 Å². The number of nitrogens with zero attached hydrogens (tertiary/aromatic N) is 2. The van der Waals surface area contributed by atoms with Gasteiger partial charge in [0.25, 0.3) is 5.91 Å². The van der Waals surface area contributed by atoms with Crippen LogP contribution in [-0.2, 0) is 7.05 Å².